The molecule has 5 heteroatoms. The number of hydrogen-bond donors (Lipinski definition) is 3. The van der Waals surface area contributed by atoms with Gasteiger partial charge < -0.3 is 10.4 Å². The maximum absolute atomic E-state index is 12.0. The molecule has 0 bridgehead atoms. The van der Waals surface area contributed by atoms with Crippen LogP contribution in [0.5, 0.6) is 0 Å². The van der Waals surface area contributed by atoms with Crippen LogP contribution in [0, 0.1) is 11.8 Å². The summed E-state index contributed by atoms with van der Waals surface area (Å²) in [6.45, 7) is 4.56. The van der Waals surface area contributed by atoms with Crippen LogP contribution >= 0.6 is 0 Å². The number of nitrogens with zero attached hydrogens (tertiary/aromatic N) is 1. The number of rotatable bonds is 6. The second kappa shape index (κ2) is 6.88. The van der Waals surface area contributed by atoms with Gasteiger partial charge in [0.25, 0.3) is 5.91 Å². The van der Waals surface area contributed by atoms with E-state index in [0.29, 0.717) is 24.1 Å². The molecule has 5 nitrogen and oxygen atoms in total. The Kier molecular flexibility index (Phi) is 5.17. The first-order valence-corrected chi connectivity index (χ1v) is 7.57. The summed E-state index contributed by atoms with van der Waals surface area (Å²) in [6.07, 6.45) is 4.96. The first kappa shape index (κ1) is 15.0. The molecule has 3 N–H and O–H groups in total. The maximum Gasteiger partial charge on any atom is 0.271 e. The van der Waals surface area contributed by atoms with Gasteiger partial charge in [-0.3, -0.25) is 9.89 Å². The van der Waals surface area contributed by atoms with Crippen molar-refractivity contribution in [1.82, 2.24) is 15.5 Å². The predicted molar refractivity (Wildman–Crippen MR) is 77.4 cm³/mol. The van der Waals surface area contributed by atoms with Crippen LogP contribution in [-0.2, 0) is 6.42 Å². The van der Waals surface area contributed by atoms with Gasteiger partial charge in [-0.25, -0.2) is 0 Å². The fraction of sp³-hybridized carbons (Fsp3) is 0.733. The van der Waals surface area contributed by atoms with Crippen LogP contribution in [-0.4, -0.2) is 33.9 Å². The van der Waals surface area contributed by atoms with E-state index >= 15 is 0 Å². The second-order valence-corrected chi connectivity index (χ2v) is 6.20. The minimum atomic E-state index is -0.435. The van der Waals surface area contributed by atoms with Gasteiger partial charge in [0.1, 0.15) is 5.69 Å². The summed E-state index contributed by atoms with van der Waals surface area (Å²) in [4.78, 5) is 12.0. The first-order chi connectivity index (χ1) is 9.56. The monoisotopic (exact) mass is 279 g/mol. The van der Waals surface area contributed by atoms with Gasteiger partial charge in [0.2, 0.25) is 0 Å². The van der Waals surface area contributed by atoms with Crippen molar-refractivity contribution in [2.75, 3.05) is 6.54 Å². The molecule has 1 amide bonds. The van der Waals surface area contributed by atoms with E-state index < -0.39 is 6.10 Å². The van der Waals surface area contributed by atoms with Gasteiger partial charge in [-0.05, 0) is 37.2 Å². The lowest BCUT2D eigenvalue weighted by Gasteiger charge is -2.17. The first-order valence-electron chi connectivity index (χ1n) is 7.57. The maximum atomic E-state index is 12.0. The van der Waals surface area contributed by atoms with E-state index in [9.17, 15) is 9.90 Å². The summed E-state index contributed by atoms with van der Waals surface area (Å²) >= 11 is 0. The van der Waals surface area contributed by atoms with E-state index in [1.165, 1.54) is 12.8 Å². The molecule has 1 aromatic rings. The van der Waals surface area contributed by atoms with Crippen molar-refractivity contribution in [1.29, 1.82) is 0 Å². The molecule has 1 saturated carbocycles. The molecule has 20 heavy (non-hydrogen) atoms. The van der Waals surface area contributed by atoms with E-state index in [2.05, 4.69) is 29.4 Å². The quantitative estimate of drug-likeness (QED) is 0.744. The number of aromatic amines is 1. The van der Waals surface area contributed by atoms with E-state index in [1.807, 2.05) is 0 Å². The summed E-state index contributed by atoms with van der Waals surface area (Å²) in [6, 6.07) is 1.79. The zero-order valence-electron chi connectivity index (χ0n) is 12.4. The number of hydrogen-bond acceptors (Lipinski definition) is 3. The zero-order chi connectivity index (χ0) is 14.5. The molecule has 1 fully saturated rings. The van der Waals surface area contributed by atoms with Gasteiger partial charge in [-0.15, -0.1) is 0 Å². The standard InChI is InChI=1S/C15H25N3O2/c1-10(2)7-12-8-13(18-17-12)15(20)16-9-14(19)11-5-3-4-6-11/h8,10-11,14,19H,3-7,9H2,1-2H3,(H,16,20)(H,17,18). The van der Waals surface area contributed by atoms with E-state index in [1.54, 1.807) is 6.07 Å². The molecular weight excluding hydrogens is 254 g/mol. The molecule has 1 aliphatic rings. The highest BCUT2D eigenvalue weighted by Crippen LogP contribution is 2.27. The Morgan fingerprint density at radius 1 is 1.50 bits per heavy atom. The number of aliphatic hydroxyl groups excluding tert-OH is 1. The molecule has 1 aliphatic carbocycles. The average molecular weight is 279 g/mol. The number of carbonyl (C=O) groups is 1. The molecule has 2 rings (SSSR count). The topological polar surface area (TPSA) is 78.0 Å². The van der Waals surface area contributed by atoms with Crippen LogP contribution in [0.25, 0.3) is 0 Å². The molecule has 0 radical (unpaired) electrons. The van der Waals surface area contributed by atoms with E-state index in [-0.39, 0.29) is 5.91 Å². The number of amides is 1. The van der Waals surface area contributed by atoms with Crippen molar-refractivity contribution in [3.63, 3.8) is 0 Å². The Hall–Kier alpha value is -1.36. The summed E-state index contributed by atoms with van der Waals surface area (Å²) < 4.78 is 0. The van der Waals surface area contributed by atoms with Gasteiger partial charge >= 0.3 is 0 Å². The molecule has 0 aromatic carbocycles. The molecule has 1 unspecified atom stereocenters. The average Bonchev–Trinajstić information content (AvgIpc) is 3.05. The summed E-state index contributed by atoms with van der Waals surface area (Å²) in [5, 5.41) is 19.7. The van der Waals surface area contributed by atoms with Crippen molar-refractivity contribution in [3.8, 4) is 0 Å². The third-order valence-electron chi connectivity index (χ3n) is 3.91. The fourth-order valence-electron chi connectivity index (χ4n) is 2.82. The van der Waals surface area contributed by atoms with Crippen molar-refractivity contribution in [2.45, 2.75) is 52.1 Å². The highest BCUT2D eigenvalue weighted by atomic mass is 16.3. The number of carbonyl (C=O) groups excluding carboxylic acids is 1. The summed E-state index contributed by atoms with van der Waals surface area (Å²) in [5.74, 6) is 0.648. The van der Waals surface area contributed by atoms with Crippen molar-refractivity contribution in [3.05, 3.63) is 17.5 Å². The lowest BCUT2D eigenvalue weighted by Crippen LogP contribution is -2.35. The van der Waals surface area contributed by atoms with Gasteiger partial charge in [0.05, 0.1) is 6.10 Å². The SMILES string of the molecule is CC(C)Cc1cc(C(=O)NCC(O)C2CCCC2)n[nH]1. The summed E-state index contributed by atoms with van der Waals surface area (Å²) in [7, 11) is 0. The third kappa shape index (κ3) is 4.07. The molecule has 0 aliphatic heterocycles. The van der Waals surface area contributed by atoms with Gasteiger partial charge in [0, 0.05) is 12.2 Å². The third-order valence-corrected chi connectivity index (χ3v) is 3.91. The molecule has 0 spiro atoms. The molecule has 0 saturated heterocycles. The van der Waals surface area contributed by atoms with Crippen molar-refractivity contribution in [2.24, 2.45) is 11.8 Å². The van der Waals surface area contributed by atoms with E-state index in [0.717, 1.165) is 25.0 Å². The molecule has 1 atom stereocenters. The summed E-state index contributed by atoms with van der Waals surface area (Å²) in [5.41, 5.74) is 1.38. The number of aromatic nitrogens is 2. The van der Waals surface area contributed by atoms with Gasteiger partial charge in [-0.2, -0.15) is 5.10 Å². The highest BCUT2D eigenvalue weighted by Gasteiger charge is 2.23. The Balaban J connectivity index is 1.80. The Morgan fingerprint density at radius 2 is 2.20 bits per heavy atom. The van der Waals surface area contributed by atoms with Crippen LogP contribution in [0.15, 0.2) is 6.07 Å². The highest BCUT2D eigenvalue weighted by molar-refractivity contribution is 5.92. The van der Waals surface area contributed by atoms with Gasteiger partial charge in [0.15, 0.2) is 0 Å². The van der Waals surface area contributed by atoms with Crippen molar-refractivity contribution >= 4 is 5.91 Å². The molecular formula is C15H25N3O2. The van der Waals surface area contributed by atoms with Crippen LogP contribution in [0.2, 0.25) is 0 Å². The number of aliphatic hydroxyl groups is 1. The lowest BCUT2D eigenvalue weighted by atomic mass is 10.0. The zero-order valence-corrected chi connectivity index (χ0v) is 12.4. The van der Waals surface area contributed by atoms with Crippen LogP contribution < -0.4 is 5.32 Å². The van der Waals surface area contributed by atoms with Crippen LogP contribution in [0.4, 0.5) is 0 Å². The Labute approximate surface area is 120 Å². The normalized spacial score (nSPS) is 17.6. The lowest BCUT2D eigenvalue weighted by molar-refractivity contribution is 0.0836. The smallest absolute Gasteiger partial charge is 0.271 e. The van der Waals surface area contributed by atoms with Crippen LogP contribution in [0.1, 0.15) is 55.7 Å². The van der Waals surface area contributed by atoms with E-state index in [4.69, 9.17) is 0 Å². The fourth-order valence-corrected chi connectivity index (χ4v) is 2.82. The molecule has 1 aromatic heterocycles. The molecule has 112 valence electrons. The molecule has 1 heterocycles. The van der Waals surface area contributed by atoms with Gasteiger partial charge in [-0.1, -0.05) is 26.7 Å². The number of H-pyrrole nitrogens is 1. The number of nitrogens with one attached hydrogen (secondary N) is 2. The second-order valence-electron chi connectivity index (χ2n) is 6.20. The predicted octanol–water partition coefficient (Wildman–Crippen LogP) is 1.89. The Bertz CT molecular complexity index is 436. The van der Waals surface area contributed by atoms with Crippen LogP contribution in [0.3, 0.4) is 0 Å². The minimum absolute atomic E-state index is 0.215. The Morgan fingerprint density at radius 3 is 2.85 bits per heavy atom. The largest absolute Gasteiger partial charge is 0.391 e. The minimum Gasteiger partial charge on any atom is -0.391 e. The van der Waals surface area contributed by atoms with Crippen molar-refractivity contribution < 1.29 is 9.90 Å².